The summed E-state index contributed by atoms with van der Waals surface area (Å²) < 4.78 is 60.9. The molecule has 1 aromatic rings. The number of hydrogen-bond acceptors (Lipinski definition) is 4. The van der Waals surface area contributed by atoms with Crippen molar-refractivity contribution in [3.05, 3.63) is 35.4 Å². The molecule has 1 aromatic carbocycles. The summed E-state index contributed by atoms with van der Waals surface area (Å²) in [6.45, 7) is 6.76. The molecule has 130 valence electrons. The minimum atomic E-state index is -5.67. The average Bonchev–Trinajstić information content (AvgIpc) is 2.46. The first-order valence-electron chi connectivity index (χ1n) is 6.99. The highest BCUT2D eigenvalue weighted by molar-refractivity contribution is 7.86. The molecule has 0 fully saturated rings. The molecule has 8 heteroatoms. The molecule has 0 amide bonds. The Morgan fingerprint density at radius 1 is 1.26 bits per heavy atom. The van der Waals surface area contributed by atoms with Gasteiger partial charge in [-0.1, -0.05) is 32.9 Å². The van der Waals surface area contributed by atoms with E-state index in [4.69, 9.17) is 4.55 Å². The second-order valence-corrected chi connectivity index (χ2v) is 7.39. The monoisotopic (exact) mass is 350 g/mol. The molecule has 1 atom stereocenters. The molecule has 0 aliphatic rings. The molecule has 0 saturated heterocycles. The normalized spacial score (nSPS) is 14.4. The predicted molar refractivity (Wildman–Crippen MR) is 81.1 cm³/mol. The molecule has 0 aromatic heterocycles. The SMILES string of the molecule is CCC(C)(C)c1ccc(C(=O)OC(C)C(F)(F)S(=O)(=O)O)cc1. The molecule has 0 radical (unpaired) electrons. The fourth-order valence-electron chi connectivity index (χ4n) is 1.77. The lowest BCUT2D eigenvalue weighted by Gasteiger charge is -2.23. The van der Waals surface area contributed by atoms with Gasteiger partial charge in [-0.2, -0.15) is 17.2 Å². The van der Waals surface area contributed by atoms with E-state index in [2.05, 4.69) is 4.74 Å². The molecule has 23 heavy (non-hydrogen) atoms. The van der Waals surface area contributed by atoms with Crippen molar-refractivity contribution in [2.45, 2.75) is 50.9 Å². The molecular formula is C15H20F2O5S. The Balaban J connectivity index is 2.92. The van der Waals surface area contributed by atoms with E-state index in [1.54, 1.807) is 12.1 Å². The van der Waals surface area contributed by atoms with Gasteiger partial charge in [0.15, 0.2) is 6.10 Å². The Hall–Kier alpha value is -1.54. The van der Waals surface area contributed by atoms with Crippen LogP contribution in [0.25, 0.3) is 0 Å². The molecule has 0 aliphatic carbocycles. The van der Waals surface area contributed by atoms with Crippen LogP contribution in [0, 0.1) is 0 Å². The van der Waals surface area contributed by atoms with Gasteiger partial charge in [0.2, 0.25) is 0 Å². The highest BCUT2D eigenvalue weighted by Crippen LogP contribution is 2.29. The maximum atomic E-state index is 13.4. The number of alkyl halides is 2. The third-order valence-corrected chi connectivity index (χ3v) is 4.91. The zero-order chi connectivity index (χ0) is 18.1. The van der Waals surface area contributed by atoms with Crippen molar-refractivity contribution in [2.75, 3.05) is 0 Å². The first-order valence-corrected chi connectivity index (χ1v) is 8.43. The number of halogens is 2. The van der Waals surface area contributed by atoms with Crippen LogP contribution in [-0.2, 0) is 20.3 Å². The van der Waals surface area contributed by atoms with Crippen molar-refractivity contribution >= 4 is 16.1 Å². The van der Waals surface area contributed by atoms with Gasteiger partial charge >= 0.3 is 21.3 Å². The minimum absolute atomic E-state index is 0.0126. The van der Waals surface area contributed by atoms with Gasteiger partial charge in [0.05, 0.1) is 5.56 Å². The average molecular weight is 350 g/mol. The Morgan fingerprint density at radius 3 is 2.13 bits per heavy atom. The summed E-state index contributed by atoms with van der Waals surface area (Å²) >= 11 is 0. The van der Waals surface area contributed by atoms with Crippen molar-refractivity contribution in [3.8, 4) is 0 Å². The molecule has 0 aliphatic heterocycles. The number of rotatable bonds is 6. The first-order chi connectivity index (χ1) is 10.3. The van der Waals surface area contributed by atoms with Crippen LogP contribution >= 0.6 is 0 Å². The molecule has 0 bridgehead atoms. The van der Waals surface area contributed by atoms with E-state index in [1.807, 2.05) is 20.8 Å². The summed E-state index contributed by atoms with van der Waals surface area (Å²) in [5.41, 5.74) is 0.875. The Bertz CT molecular complexity index is 666. The lowest BCUT2D eigenvalue weighted by atomic mass is 9.82. The topological polar surface area (TPSA) is 80.7 Å². The second kappa shape index (κ2) is 6.52. The number of hydrogen-bond donors (Lipinski definition) is 1. The largest absolute Gasteiger partial charge is 0.451 e. The molecule has 5 nitrogen and oxygen atoms in total. The van der Waals surface area contributed by atoms with Crippen LogP contribution in [0.4, 0.5) is 8.78 Å². The predicted octanol–water partition coefficient (Wildman–Crippen LogP) is 3.40. The fourth-order valence-corrected chi connectivity index (χ4v) is 2.24. The van der Waals surface area contributed by atoms with Gasteiger partial charge in [-0.15, -0.1) is 0 Å². The maximum absolute atomic E-state index is 13.4. The molecule has 1 rings (SSSR count). The van der Waals surface area contributed by atoms with Gasteiger partial charge in [0, 0.05) is 0 Å². The van der Waals surface area contributed by atoms with E-state index in [9.17, 15) is 22.0 Å². The van der Waals surface area contributed by atoms with Crippen LogP contribution in [0.5, 0.6) is 0 Å². The number of benzene rings is 1. The van der Waals surface area contributed by atoms with Crippen molar-refractivity contribution in [2.24, 2.45) is 0 Å². The van der Waals surface area contributed by atoms with E-state index in [1.165, 1.54) is 12.1 Å². The summed E-state index contributed by atoms with van der Waals surface area (Å²) in [5, 5.41) is -4.58. The number of esters is 1. The van der Waals surface area contributed by atoms with Gasteiger partial charge in [-0.05, 0) is 36.5 Å². The smallest absolute Gasteiger partial charge is 0.405 e. The van der Waals surface area contributed by atoms with E-state index in [-0.39, 0.29) is 11.0 Å². The first kappa shape index (κ1) is 19.5. The number of carbonyl (C=O) groups is 1. The standard InChI is InChI=1S/C15H20F2O5S/c1-5-14(3,4)12-8-6-11(7-9-12)13(18)22-10(2)15(16,17)23(19,20)21/h6-10H,5H2,1-4H3,(H,19,20,21). The van der Waals surface area contributed by atoms with Crippen LogP contribution < -0.4 is 0 Å². The summed E-state index contributed by atoms with van der Waals surface area (Å²) in [5.74, 6) is -1.10. The number of ether oxygens (including phenoxy) is 1. The minimum Gasteiger partial charge on any atom is -0.451 e. The van der Waals surface area contributed by atoms with Crippen molar-refractivity contribution in [3.63, 3.8) is 0 Å². The van der Waals surface area contributed by atoms with Gasteiger partial charge in [0.25, 0.3) is 0 Å². The van der Waals surface area contributed by atoms with Crippen molar-refractivity contribution < 1.29 is 31.3 Å². The summed E-state index contributed by atoms with van der Waals surface area (Å²) in [4.78, 5) is 11.8. The lowest BCUT2D eigenvalue weighted by Crippen LogP contribution is -2.42. The lowest BCUT2D eigenvalue weighted by molar-refractivity contribution is -0.0549. The Morgan fingerprint density at radius 2 is 1.74 bits per heavy atom. The van der Waals surface area contributed by atoms with E-state index in [0.29, 0.717) is 6.92 Å². The van der Waals surface area contributed by atoms with Crippen LogP contribution in [0.15, 0.2) is 24.3 Å². The zero-order valence-corrected chi connectivity index (χ0v) is 14.2. The van der Waals surface area contributed by atoms with Crippen molar-refractivity contribution in [1.82, 2.24) is 0 Å². The van der Waals surface area contributed by atoms with E-state index >= 15 is 0 Å². The van der Waals surface area contributed by atoms with Crippen molar-refractivity contribution in [1.29, 1.82) is 0 Å². The summed E-state index contributed by atoms with van der Waals surface area (Å²) in [6.07, 6.45) is -1.45. The maximum Gasteiger partial charge on any atom is 0.405 e. The van der Waals surface area contributed by atoms with Crippen LogP contribution in [0.1, 0.15) is 50.0 Å². The Kier molecular flexibility index (Phi) is 5.53. The third kappa shape index (κ3) is 4.26. The molecule has 0 saturated carbocycles. The molecule has 1 N–H and O–H groups in total. The van der Waals surface area contributed by atoms with Gasteiger partial charge < -0.3 is 4.74 Å². The second-order valence-electron chi connectivity index (χ2n) is 5.90. The van der Waals surface area contributed by atoms with Crippen LogP contribution in [-0.4, -0.2) is 30.3 Å². The van der Waals surface area contributed by atoms with E-state index in [0.717, 1.165) is 12.0 Å². The molecule has 0 spiro atoms. The third-order valence-electron chi connectivity index (χ3n) is 3.89. The van der Waals surface area contributed by atoms with Gasteiger partial charge in [-0.3, -0.25) is 4.55 Å². The van der Waals surface area contributed by atoms with Gasteiger partial charge in [-0.25, -0.2) is 4.79 Å². The zero-order valence-electron chi connectivity index (χ0n) is 13.3. The molecule has 1 unspecified atom stereocenters. The molecular weight excluding hydrogens is 330 g/mol. The van der Waals surface area contributed by atoms with Crippen LogP contribution in [0.3, 0.4) is 0 Å². The highest BCUT2D eigenvalue weighted by Gasteiger charge is 2.52. The summed E-state index contributed by atoms with van der Waals surface area (Å²) in [6, 6.07) is 6.22. The van der Waals surface area contributed by atoms with E-state index < -0.39 is 27.4 Å². The van der Waals surface area contributed by atoms with Gasteiger partial charge in [0.1, 0.15) is 0 Å². The fraction of sp³-hybridized carbons (Fsp3) is 0.533. The Labute approximate surface area is 134 Å². The molecule has 0 heterocycles. The quantitative estimate of drug-likeness (QED) is 0.628. The summed E-state index contributed by atoms with van der Waals surface area (Å²) in [7, 11) is -5.67. The van der Waals surface area contributed by atoms with Crippen LogP contribution in [0.2, 0.25) is 0 Å². The highest BCUT2D eigenvalue weighted by atomic mass is 32.2. The number of carbonyl (C=O) groups excluding carboxylic acids is 1.